The molecular weight excluding hydrogens is 212 g/mol. The van der Waals surface area contributed by atoms with Gasteiger partial charge in [0, 0.05) is 35.8 Å². The van der Waals surface area contributed by atoms with Crippen molar-refractivity contribution in [2.24, 2.45) is 0 Å². The molecule has 1 N–H and O–H groups in total. The highest BCUT2D eigenvalue weighted by Crippen LogP contribution is 2.10. The van der Waals surface area contributed by atoms with E-state index < -0.39 is 0 Å². The van der Waals surface area contributed by atoms with Crippen LogP contribution < -0.4 is 5.32 Å². The molecule has 1 aromatic heterocycles. The zero-order valence-electron chi connectivity index (χ0n) is 7.73. The summed E-state index contributed by atoms with van der Waals surface area (Å²) in [7, 11) is 0. The maximum absolute atomic E-state index is 5.15. The summed E-state index contributed by atoms with van der Waals surface area (Å²) >= 11 is 9.24. The summed E-state index contributed by atoms with van der Waals surface area (Å²) in [5, 5.41) is 3.06. The minimum absolute atomic E-state index is 0.659. The first kappa shape index (κ1) is 11.2. The number of rotatable bonds is 4. The fraction of sp³-hybridized carbons (Fsp3) is 0.200. The maximum atomic E-state index is 5.15. The van der Waals surface area contributed by atoms with E-state index in [1.807, 2.05) is 12.1 Å². The van der Waals surface area contributed by atoms with E-state index in [2.05, 4.69) is 29.5 Å². The van der Waals surface area contributed by atoms with Crippen molar-refractivity contribution < 1.29 is 0 Å². The van der Waals surface area contributed by atoms with Crippen molar-refractivity contribution >= 4 is 35.4 Å². The Morgan fingerprint density at radius 1 is 1.64 bits per heavy atom. The highest BCUT2D eigenvalue weighted by atomic mass is 32.1. The van der Waals surface area contributed by atoms with Crippen LogP contribution in [0.5, 0.6) is 0 Å². The molecule has 1 heterocycles. The number of thiocarbonyl (C=S) groups is 1. The molecule has 1 aromatic rings. The summed E-state index contributed by atoms with van der Waals surface area (Å²) in [6, 6.07) is 3.80. The number of nitrogens with one attached hydrogen (secondary N) is 1. The lowest BCUT2D eigenvalue weighted by Gasteiger charge is -2.08. The van der Waals surface area contributed by atoms with Gasteiger partial charge in [0.1, 0.15) is 4.99 Å². The van der Waals surface area contributed by atoms with Gasteiger partial charge in [-0.2, -0.15) is 12.6 Å². The first-order valence-corrected chi connectivity index (χ1v) is 5.28. The van der Waals surface area contributed by atoms with E-state index >= 15 is 0 Å². The molecule has 14 heavy (non-hydrogen) atoms. The molecule has 0 amide bonds. The summed E-state index contributed by atoms with van der Waals surface area (Å²) in [6.45, 7) is 4.66. The normalized spacial score (nSPS) is 9.50. The Morgan fingerprint density at radius 2 is 2.43 bits per heavy atom. The van der Waals surface area contributed by atoms with E-state index in [1.54, 1.807) is 12.4 Å². The summed E-state index contributed by atoms with van der Waals surface area (Å²) in [5.41, 5.74) is 1.75. The van der Waals surface area contributed by atoms with E-state index in [-0.39, 0.29) is 0 Å². The molecule has 4 heteroatoms. The van der Waals surface area contributed by atoms with Crippen LogP contribution in [0.4, 0.5) is 0 Å². The van der Waals surface area contributed by atoms with Crippen LogP contribution in [0.15, 0.2) is 31.1 Å². The van der Waals surface area contributed by atoms with Crippen LogP contribution in [0, 0.1) is 0 Å². The summed E-state index contributed by atoms with van der Waals surface area (Å²) in [4.78, 5) is 4.66. The van der Waals surface area contributed by atoms with Gasteiger partial charge in [0.2, 0.25) is 0 Å². The van der Waals surface area contributed by atoms with E-state index in [0.29, 0.717) is 4.99 Å². The molecule has 0 bridgehead atoms. The van der Waals surface area contributed by atoms with E-state index in [0.717, 1.165) is 23.4 Å². The topological polar surface area (TPSA) is 24.9 Å². The van der Waals surface area contributed by atoms with Crippen LogP contribution in [-0.2, 0) is 0 Å². The lowest BCUT2D eigenvalue weighted by molar-refractivity contribution is 1.00. The van der Waals surface area contributed by atoms with E-state index in [4.69, 9.17) is 12.2 Å². The van der Waals surface area contributed by atoms with Gasteiger partial charge in [0.05, 0.1) is 0 Å². The van der Waals surface area contributed by atoms with Crippen LogP contribution >= 0.6 is 24.8 Å². The van der Waals surface area contributed by atoms with Crippen LogP contribution in [0.1, 0.15) is 5.56 Å². The predicted octanol–water partition coefficient (Wildman–Crippen LogP) is 1.94. The maximum Gasteiger partial charge on any atom is 0.106 e. The van der Waals surface area contributed by atoms with Crippen LogP contribution in [0.25, 0.3) is 5.57 Å². The van der Waals surface area contributed by atoms with Gasteiger partial charge in [-0.05, 0) is 6.07 Å². The van der Waals surface area contributed by atoms with Gasteiger partial charge in [-0.1, -0.05) is 24.9 Å². The van der Waals surface area contributed by atoms with Crippen LogP contribution in [-0.4, -0.2) is 22.3 Å². The molecule has 0 aromatic carbocycles. The average Bonchev–Trinajstić information content (AvgIpc) is 2.26. The van der Waals surface area contributed by atoms with Crippen molar-refractivity contribution in [1.82, 2.24) is 10.3 Å². The lowest BCUT2D eigenvalue weighted by Crippen LogP contribution is -2.24. The second-order valence-electron chi connectivity index (χ2n) is 2.70. The van der Waals surface area contributed by atoms with Crippen molar-refractivity contribution in [3.63, 3.8) is 0 Å². The van der Waals surface area contributed by atoms with Gasteiger partial charge in [0.15, 0.2) is 0 Å². The van der Waals surface area contributed by atoms with Crippen molar-refractivity contribution in [1.29, 1.82) is 0 Å². The number of nitrogens with zero attached hydrogens (tertiary/aromatic N) is 1. The Hall–Kier alpha value is -0.870. The minimum atomic E-state index is 0.659. The van der Waals surface area contributed by atoms with Gasteiger partial charge in [-0.15, -0.1) is 0 Å². The van der Waals surface area contributed by atoms with Crippen molar-refractivity contribution in [2.45, 2.75) is 0 Å². The molecule has 2 nitrogen and oxygen atoms in total. The Balaban J connectivity index is 2.62. The molecule has 74 valence electrons. The highest BCUT2D eigenvalue weighted by molar-refractivity contribution is 7.81. The smallest absolute Gasteiger partial charge is 0.106 e. The second kappa shape index (κ2) is 5.78. The minimum Gasteiger partial charge on any atom is -0.375 e. The van der Waals surface area contributed by atoms with Crippen molar-refractivity contribution in [3.8, 4) is 0 Å². The Labute approximate surface area is 94.8 Å². The Morgan fingerprint density at radius 3 is 3.00 bits per heavy atom. The monoisotopic (exact) mass is 224 g/mol. The number of thiol groups is 1. The molecular formula is C10H12N2S2. The molecule has 0 spiro atoms. The largest absolute Gasteiger partial charge is 0.375 e. The predicted molar refractivity (Wildman–Crippen MR) is 67.7 cm³/mol. The molecule has 0 saturated heterocycles. The fourth-order valence-corrected chi connectivity index (χ4v) is 1.28. The molecule has 0 aliphatic carbocycles. The summed E-state index contributed by atoms with van der Waals surface area (Å²) < 4.78 is 0. The zero-order chi connectivity index (χ0) is 10.4. The molecule has 0 aliphatic rings. The summed E-state index contributed by atoms with van der Waals surface area (Å²) in [5.74, 6) is 0.750. The molecule has 0 fully saturated rings. The van der Waals surface area contributed by atoms with Gasteiger partial charge in [0.25, 0.3) is 0 Å². The second-order valence-corrected chi connectivity index (χ2v) is 3.56. The number of pyridine rings is 1. The molecule has 0 radical (unpaired) electrons. The van der Waals surface area contributed by atoms with Crippen molar-refractivity contribution in [2.75, 3.05) is 12.3 Å². The van der Waals surface area contributed by atoms with Crippen molar-refractivity contribution in [3.05, 3.63) is 36.7 Å². The standard InChI is InChI=1S/C10H12N2S2/c1-8(10(14)12-5-6-13)9-3-2-4-11-7-9/h2-4,7,13H,1,5-6H2,(H,12,14). The lowest BCUT2D eigenvalue weighted by atomic mass is 10.1. The Kier molecular flexibility index (Phi) is 4.62. The van der Waals surface area contributed by atoms with Crippen LogP contribution in [0.2, 0.25) is 0 Å². The number of hydrogen-bond acceptors (Lipinski definition) is 3. The third-order valence-electron chi connectivity index (χ3n) is 1.68. The summed E-state index contributed by atoms with van der Waals surface area (Å²) in [6.07, 6.45) is 3.47. The average molecular weight is 224 g/mol. The van der Waals surface area contributed by atoms with Gasteiger partial charge in [-0.25, -0.2) is 0 Å². The van der Waals surface area contributed by atoms with Gasteiger partial charge in [-0.3, -0.25) is 4.98 Å². The first-order valence-electron chi connectivity index (χ1n) is 4.24. The van der Waals surface area contributed by atoms with Gasteiger partial charge < -0.3 is 5.32 Å². The van der Waals surface area contributed by atoms with E-state index in [1.165, 1.54) is 0 Å². The molecule has 0 aliphatic heterocycles. The zero-order valence-corrected chi connectivity index (χ0v) is 9.44. The third-order valence-corrected chi connectivity index (χ3v) is 2.30. The number of aromatic nitrogens is 1. The highest BCUT2D eigenvalue weighted by Gasteiger charge is 2.03. The quantitative estimate of drug-likeness (QED) is 0.464. The molecule has 0 atom stereocenters. The SMILES string of the molecule is C=C(C(=S)NCCS)c1cccnc1. The first-order chi connectivity index (χ1) is 6.75. The fourth-order valence-electron chi connectivity index (χ4n) is 0.948. The van der Waals surface area contributed by atoms with Gasteiger partial charge >= 0.3 is 0 Å². The Bertz CT molecular complexity index is 322. The number of hydrogen-bond donors (Lipinski definition) is 2. The van der Waals surface area contributed by atoms with E-state index in [9.17, 15) is 0 Å². The third kappa shape index (κ3) is 3.12. The molecule has 1 rings (SSSR count). The van der Waals surface area contributed by atoms with Crippen LogP contribution in [0.3, 0.4) is 0 Å². The molecule has 0 unspecified atom stereocenters. The molecule has 0 saturated carbocycles.